The lowest BCUT2D eigenvalue weighted by Crippen LogP contribution is -2.07. The van der Waals surface area contributed by atoms with E-state index in [0.717, 1.165) is 0 Å². The van der Waals surface area contributed by atoms with Crippen LogP contribution in [0.2, 0.25) is 0 Å². The Morgan fingerprint density at radius 2 is 1.75 bits per heavy atom. The molecule has 0 spiro atoms. The summed E-state index contributed by atoms with van der Waals surface area (Å²) in [6.07, 6.45) is 2.24. The number of halogens is 1. The Morgan fingerprint density at radius 1 is 1.17 bits per heavy atom. The summed E-state index contributed by atoms with van der Waals surface area (Å²) < 4.78 is 0. The Labute approximate surface area is 83.1 Å². The van der Waals surface area contributed by atoms with Crippen molar-refractivity contribution in [1.29, 1.82) is 0 Å². The van der Waals surface area contributed by atoms with Crippen LogP contribution in [0.25, 0.3) is 0 Å². The maximum Gasteiger partial charge on any atom is 0.0243 e. The topological polar surface area (TPSA) is 0 Å². The standard InChI is InChI=1S/C11H14Br/c1-9(2)11(12)8-10-6-4-3-5-7-10/h3-9,11H,1-2H3. The molecule has 0 fully saturated rings. The van der Waals surface area contributed by atoms with Crippen LogP contribution in [0, 0.1) is 12.3 Å². The van der Waals surface area contributed by atoms with Gasteiger partial charge in [0.1, 0.15) is 0 Å². The molecule has 0 heterocycles. The van der Waals surface area contributed by atoms with Gasteiger partial charge in [-0.05, 0) is 11.5 Å². The first-order chi connectivity index (χ1) is 5.70. The lowest BCUT2D eigenvalue weighted by molar-refractivity contribution is 0.667. The molecule has 0 aromatic heterocycles. The Balaban J connectivity index is 2.53. The second kappa shape index (κ2) is 4.66. The SMILES string of the molecule is CC(C)C(Br)[CH]c1ccccc1. The van der Waals surface area contributed by atoms with E-state index in [0.29, 0.717) is 10.7 Å². The van der Waals surface area contributed by atoms with Crippen LogP contribution in [0.4, 0.5) is 0 Å². The lowest BCUT2D eigenvalue weighted by atomic mass is 10.0. The molecule has 1 aromatic carbocycles. The van der Waals surface area contributed by atoms with Crippen LogP contribution in [-0.2, 0) is 0 Å². The molecule has 0 aliphatic heterocycles. The summed E-state index contributed by atoms with van der Waals surface area (Å²) >= 11 is 3.62. The summed E-state index contributed by atoms with van der Waals surface area (Å²) in [6.45, 7) is 4.41. The lowest BCUT2D eigenvalue weighted by Gasteiger charge is -2.12. The highest BCUT2D eigenvalue weighted by Gasteiger charge is 2.09. The molecule has 0 amide bonds. The Hall–Kier alpha value is -0.300. The van der Waals surface area contributed by atoms with E-state index in [-0.39, 0.29) is 0 Å². The minimum atomic E-state index is 0.472. The number of hydrogen-bond donors (Lipinski definition) is 0. The van der Waals surface area contributed by atoms with Gasteiger partial charge in [0.2, 0.25) is 0 Å². The van der Waals surface area contributed by atoms with Gasteiger partial charge in [0.05, 0.1) is 0 Å². The predicted molar refractivity (Wildman–Crippen MR) is 57.4 cm³/mol. The fourth-order valence-corrected chi connectivity index (χ4v) is 1.25. The maximum absolute atomic E-state index is 3.62. The van der Waals surface area contributed by atoms with E-state index in [9.17, 15) is 0 Å². The molecule has 0 N–H and O–H groups in total. The Morgan fingerprint density at radius 3 is 2.25 bits per heavy atom. The number of benzene rings is 1. The zero-order valence-corrected chi connectivity index (χ0v) is 9.08. The van der Waals surface area contributed by atoms with Crippen LogP contribution < -0.4 is 0 Å². The molecule has 0 nitrogen and oxygen atoms in total. The minimum absolute atomic E-state index is 0.472. The smallest absolute Gasteiger partial charge is 0.0243 e. The molecule has 1 radical (unpaired) electrons. The predicted octanol–water partition coefficient (Wildman–Crippen LogP) is 3.66. The van der Waals surface area contributed by atoms with Crippen molar-refractivity contribution >= 4 is 15.9 Å². The normalized spacial score (nSPS) is 13.3. The summed E-state index contributed by atoms with van der Waals surface area (Å²) in [5.41, 5.74) is 1.29. The third-order valence-corrected chi connectivity index (χ3v) is 3.11. The molecule has 1 unspecified atom stereocenters. The largest absolute Gasteiger partial charge is 0.0881 e. The van der Waals surface area contributed by atoms with Gasteiger partial charge in [-0.1, -0.05) is 60.1 Å². The first-order valence-corrected chi connectivity index (χ1v) is 5.15. The average Bonchev–Trinajstić information content (AvgIpc) is 2.06. The molecule has 12 heavy (non-hydrogen) atoms. The molecule has 1 rings (SSSR count). The van der Waals surface area contributed by atoms with Gasteiger partial charge in [0.15, 0.2) is 0 Å². The third kappa shape index (κ3) is 2.98. The van der Waals surface area contributed by atoms with E-state index in [1.165, 1.54) is 5.56 Å². The van der Waals surface area contributed by atoms with Gasteiger partial charge in [0, 0.05) is 11.2 Å². The molecular weight excluding hydrogens is 212 g/mol. The maximum atomic E-state index is 3.62. The second-order valence-corrected chi connectivity index (χ2v) is 4.32. The van der Waals surface area contributed by atoms with Crippen molar-refractivity contribution in [3.8, 4) is 0 Å². The highest BCUT2D eigenvalue weighted by atomic mass is 79.9. The van der Waals surface area contributed by atoms with E-state index in [4.69, 9.17) is 0 Å². The van der Waals surface area contributed by atoms with Crippen molar-refractivity contribution in [3.63, 3.8) is 0 Å². The molecule has 1 aromatic rings. The summed E-state index contributed by atoms with van der Waals surface area (Å²) in [6, 6.07) is 10.4. The highest BCUT2D eigenvalue weighted by Crippen LogP contribution is 2.19. The quantitative estimate of drug-likeness (QED) is 0.690. The van der Waals surface area contributed by atoms with E-state index in [1.807, 2.05) is 6.07 Å². The number of rotatable bonds is 3. The van der Waals surface area contributed by atoms with E-state index >= 15 is 0 Å². The summed E-state index contributed by atoms with van der Waals surface area (Å²) in [7, 11) is 0. The molecule has 0 saturated carbocycles. The van der Waals surface area contributed by atoms with E-state index in [1.54, 1.807) is 0 Å². The molecule has 0 saturated heterocycles. The van der Waals surface area contributed by atoms with E-state index < -0.39 is 0 Å². The van der Waals surface area contributed by atoms with Crippen LogP contribution >= 0.6 is 15.9 Å². The molecule has 65 valence electrons. The first-order valence-electron chi connectivity index (χ1n) is 4.24. The molecule has 0 bridgehead atoms. The van der Waals surface area contributed by atoms with Crippen molar-refractivity contribution in [2.45, 2.75) is 18.7 Å². The van der Waals surface area contributed by atoms with Gasteiger partial charge >= 0.3 is 0 Å². The fourth-order valence-electron chi connectivity index (χ4n) is 0.940. The van der Waals surface area contributed by atoms with Crippen molar-refractivity contribution in [2.24, 2.45) is 5.92 Å². The second-order valence-electron chi connectivity index (χ2n) is 3.27. The van der Waals surface area contributed by atoms with Gasteiger partial charge < -0.3 is 0 Å². The summed E-state index contributed by atoms with van der Waals surface area (Å²) in [5, 5.41) is 0. The van der Waals surface area contributed by atoms with E-state index in [2.05, 4.69) is 60.5 Å². The average molecular weight is 226 g/mol. The van der Waals surface area contributed by atoms with Gasteiger partial charge in [-0.25, -0.2) is 0 Å². The summed E-state index contributed by atoms with van der Waals surface area (Å²) in [4.78, 5) is 0.472. The Kier molecular flexibility index (Phi) is 3.80. The third-order valence-electron chi connectivity index (χ3n) is 1.79. The monoisotopic (exact) mass is 225 g/mol. The van der Waals surface area contributed by atoms with Crippen LogP contribution in [0.5, 0.6) is 0 Å². The van der Waals surface area contributed by atoms with Crippen molar-refractivity contribution in [3.05, 3.63) is 42.3 Å². The molecular formula is C11H14Br. The first kappa shape index (κ1) is 9.79. The molecule has 1 atom stereocenters. The van der Waals surface area contributed by atoms with Gasteiger partial charge in [0.25, 0.3) is 0 Å². The Bertz CT molecular complexity index is 216. The van der Waals surface area contributed by atoms with Crippen molar-refractivity contribution < 1.29 is 0 Å². The molecule has 0 aliphatic carbocycles. The molecule has 0 aliphatic rings. The fraction of sp³-hybridized carbons (Fsp3) is 0.364. The zero-order chi connectivity index (χ0) is 8.97. The van der Waals surface area contributed by atoms with Crippen molar-refractivity contribution in [1.82, 2.24) is 0 Å². The van der Waals surface area contributed by atoms with Gasteiger partial charge in [-0.2, -0.15) is 0 Å². The van der Waals surface area contributed by atoms with Crippen LogP contribution in [0.3, 0.4) is 0 Å². The van der Waals surface area contributed by atoms with Crippen LogP contribution in [-0.4, -0.2) is 4.83 Å². The van der Waals surface area contributed by atoms with Crippen molar-refractivity contribution in [2.75, 3.05) is 0 Å². The molecule has 1 heteroatoms. The van der Waals surface area contributed by atoms with Gasteiger partial charge in [-0.15, -0.1) is 0 Å². The minimum Gasteiger partial charge on any atom is -0.0881 e. The number of hydrogen-bond acceptors (Lipinski definition) is 0. The van der Waals surface area contributed by atoms with Gasteiger partial charge in [-0.3, -0.25) is 0 Å². The highest BCUT2D eigenvalue weighted by molar-refractivity contribution is 9.09. The summed E-state index contributed by atoms with van der Waals surface area (Å²) in [5.74, 6) is 0.644. The number of alkyl halides is 1. The van der Waals surface area contributed by atoms with Crippen LogP contribution in [0.1, 0.15) is 19.4 Å². The zero-order valence-electron chi connectivity index (χ0n) is 7.50. The van der Waals surface area contributed by atoms with Crippen LogP contribution in [0.15, 0.2) is 30.3 Å².